The molecule has 1 atom stereocenters. The number of rotatable bonds is 7. The summed E-state index contributed by atoms with van der Waals surface area (Å²) in [5, 5.41) is 11.1. The topological polar surface area (TPSA) is 85.7 Å². The van der Waals surface area contributed by atoms with Crippen LogP contribution in [0.25, 0.3) is 0 Å². The number of pyridine rings is 1. The van der Waals surface area contributed by atoms with E-state index in [0.29, 0.717) is 29.3 Å². The smallest absolute Gasteiger partial charge is 0.345 e. The van der Waals surface area contributed by atoms with Crippen molar-refractivity contribution in [2.75, 3.05) is 7.11 Å². The molecule has 1 aromatic carbocycles. The maximum atomic E-state index is 13.2. The number of aliphatic hydroxyl groups excluding tert-OH is 1. The van der Waals surface area contributed by atoms with Crippen LogP contribution >= 0.6 is 11.6 Å². The van der Waals surface area contributed by atoms with E-state index in [4.69, 9.17) is 21.1 Å². The zero-order chi connectivity index (χ0) is 23.4. The number of carbonyl (C=O) groups is 2. The summed E-state index contributed by atoms with van der Waals surface area (Å²) in [6.45, 7) is 0. The fraction of sp³-hybridized carbons (Fsp3) is 0.423. The lowest BCUT2D eigenvalue weighted by Gasteiger charge is -2.41. The predicted molar refractivity (Wildman–Crippen MR) is 124 cm³/mol. The molecule has 2 fully saturated rings. The highest BCUT2D eigenvalue weighted by molar-refractivity contribution is 6.32. The lowest BCUT2D eigenvalue weighted by molar-refractivity contribution is -0.171. The number of aryl methyl sites for hydroxylation is 1. The van der Waals surface area contributed by atoms with Crippen molar-refractivity contribution < 1.29 is 24.2 Å². The SMILES string of the molecule is COc1ccc(CCC2(C3CCCC3)CC(=O)C(=C(O)Cc3ccccn3)C(=O)O2)cc1Cl. The van der Waals surface area contributed by atoms with Gasteiger partial charge in [0, 0.05) is 18.3 Å². The van der Waals surface area contributed by atoms with Crippen LogP contribution < -0.4 is 4.74 Å². The molecule has 0 radical (unpaired) electrons. The minimum atomic E-state index is -0.869. The van der Waals surface area contributed by atoms with E-state index in [1.807, 2.05) is 18.2 Å². The quantitative estimate of drug-likeness (QED) is 0.260. The first-order chi connectivity index (χ1) is 15.9. The van der Waals surface area contributed by atoms with E-state index in [0.717, 1.165) is 31.2 Å². The average Bonchev–Trinajstić information content (AvgIpc) is 3.34. The summed E-state index contributed by atoms with van der Waals surface area (Å²) < 4.78 is 11.3. The number of allylic oxidation sites excluding steroid dienone is 1. The molecule has 2 heterocycles. The van der Waals surface area contributed by atoms with E-state index in [9.17, 15) is 14.7 Å². The molecule has 1 aliphatic carbocycles. The Hall–Kier alpha value is -2.86. The molecule has 33 heavy (non-hydrogen) atoms. The van der Waals surface area contributed by atoms with Crippen LogP contribution in [0.2, 0.25) is 5.02 Å². The van der Waals surface area contributed by atoms with Gasteiger partial charge in [-0.15, -0.1) is 0 Å². The minimum Gasteiger partial charge on any atom is -0.511 e. The van der Waals surface area contributed by atoms with Gasteiger partial charge in [0.25, 0.3) is 0 Å². The molecule has 0 spiro atoms. The molecule has 1 aromatic heterocycles. The van der Waals surface area contributed by atoms with Gasteiger partial charge in [-0.1, -0.05) is 36.6 Å². The fourth-order valence-electron chi connectivity index (χ4n) is 5.03. The first-order valence-corrected chi connectivity index (χ1v) is 11.7. The molecule has 0 bridgehead atoms. The summed E-state index contributed by atoms with van der Waals surface area (Å²) in [5.74, 6) is -0.661. The lowest BCUT2D eigenvalue weighted by atomic mass is 9.75. The number of benzene rings is 1. The van der Waals surface area contributed by atoms with Gasteiger partial charge in [0.15, 0.2) is 5.78 Å². The number of nitrogens with zero attached hydrogens (tertiary/aromatic N) is 1. The van der Waals surface area contributed by atoms with Gasteiger partial charge in [-0.05, 0) is 61.4 Å². The van der Waals surface area contributed by atoms with Gasteiger partial charge in [0.2, 0.25) is 0 Å². The van der Waals surface area contributed by atoms with Crippen LogP contribution in [0.5, 0.6) is 5.75 Å². The molecule has 174 valence electrons. The van der Waals surface area contributed by atoms with Gasteiger partial charge >= 0.3 is 5.97 Å². The Labute approximate surface area is 198 Å². The molecule has 2 aromatic rings. The van der Waals surface area contributed by atoms with Gasteiger partial charge in [-0.3, -0.25) is 9.78 Å². The molecule has 1 saturated heterocycles. The highest BCUT2D eigenvalue weighted by atomic mass is 35.5. The number of esters is 1. The highest BCUT2D eigenvalue weighted by Crippen LogP contribution is 2.45. The second kappa shape index (κ2) is 9.96. The average molecular weight is 470 g/mol. The summed E-state index contributed by atoms with van der Waals surface area (Å²) in [4.78, 5) is 30.4. The van der Waals surface area contributed by atoms with Crippen molar-refractivity contribution >= 4 is 23.4 Å². The van der Waals surface area contributed by atoms with Gasteiger partial charge in [-0.25, -0.2) is 4.79 Å². The highest BCUT2D eigenvalue weighted by Gasteiger charge is 2.50. The Morgan fingerprint density at radius 1 is 1.24 bits per heavy atom. The third-order valence-corrected chi connectivity index (χ3v) is 7.05. The van der Waals surface area contributed by atoms with Gasteiger partial charge in [-0.2, -0.15) is 0 Å². The number of ketones is 1. The van der Waals surface area contributed by atoms with Crippen LogP contribution in [0.4, 0.5) is 0 Å². The molecule has 0 amide bonds. The molecule has 1 unspecified atom stereocenters. The summed E-state index contributed by atoms with van der Waals surface area (Å²) in [6.07, 6.45) is 6.77. The largest absolute Gasteiger partial charge is 0.511 e. The third kappa shape index (κ3) is 5.06. The Kier molecular flexibility index (Phi) is 7.03. The monoisotopic (exact) mass is 469 g/mol. The molecular weight excluding hydrogens is 442 g/mol. The van der Waals surface area contributed by atoms with Crippen molar-refractivity contribution in [2.24, 2.45) is 5.92 Å². The maximum absolute atomic E-state index is 13.2. The summed E-state index contributed by atoms with van der Waals surface area (Å²) in [5.41, 5.74) is 0.446. The lowest BCUT2D eigenvalue weighted by Crippen LogP contribution is -2.49. The zero-order valence-corrected chi connectivity index (χ0v) is 19.4. The van der Waals surface area contributed by atoms with Crippen molar-refractivity contribution in [1.29, 1.82) is 0 Å². The van der Waals surface area contributed by atoms with E-state index in [1.54, 1.807) is 31.5 Å². The second-order valence-electron chi connectivity index (χ2n) is 8.82. The minimum absolute atomic E-state index is 0.0117. The fourth-order valence-corrected chi connectivity index (χ4v) is 5.31. The van der Waals surface area contributed by atoms with E-state index in [-0.39, 0.29) is 35.9 Å². The molecule has 6 nitrogen and oxygen atoms in total. The Morgan fingerprint density at radius 3 is 2.67 bits per heavy atom. The number of carbonyl (C=O) groups excluding carboxylic acids is 2. The number of hydrogen-bond acceptors (Lipinski definition) is 6. The Morgan fingerprint density at radius 2 is 2.03 bits per heavy atom. The molecule has 2 aliphatic rings. The van der Waals surface area contributed by atoms with E-state index < -0.39 is 11.6 Å². The van der Waals surface area contributed by atoms with E-state index >= 15 is 0 Å². The van der Waals surface area contributed by atoms with Crippen molar-refractivity contribution in [2.45, 2.75) is 57.0 Å². The summed E-state index contributed by atoms with van der Waals surface area (Å²) in [6, 6.07) is 10.9. The number of Topliss-reactive ketones (excluding diaryl/α,β-unsaturated/α-hetero) is 1. The number of halogens is 1. The first kappa shape index (κ1) is 23.3. The van der Waals surface area contributed by atoms with Crippen LogP contribution in [-0.4, -0.2) is 34.6 Å². The number of hydrogen-bond donors (Lipinski definition) is 1. The van der Waals surface area contributed by atoms with Crippen molar-refractivity contribution in [3.8, 4) is 5.75 Å². The molecule has 4 rings (SSSR count). The van der Waals surface area contributed by atoms with Crippen LogP contribution in [0.3, 0.4) is 0 Å². The number of aliphatic hydroxyl groups is 1. The zero-order valence-electron chi connectivity index (χ0n) is 18.7. The molecule has 1 aliphatic heterocycles. The van der Waals surface area contributed by atoms with E-state index in [1.165, 1.54) is 0 Å². The van der Waals surface area contributed by atoms with Crippen molar-refractivity contribution in [3.05, 3.63) is 70.2 Å². The van der Waals surface area contributed by atoms with Crippen LogP contribution in [-0.2, 0) is 27.2 Å². The predicted octanol–water partition coefficient (Wildman–Crippen LogP) is 5.18. The first-order valence-electron chi connectivity index (χ1n) is 11.3. The number of cyclic esters (lactones) is 1. The normalized spacial score (nSPS) is 22.8. The van der Waals surface area contributed by atoms with Crippen LogP contribution in [0.1, 0.15) is 49.8 Å². The van der Waals surface area contributed by atoms with Crippen molar-refractivity contribution in [1.82, 2.24) is 4.98 Å². The second-order valence-corrected chi connectivity index (χ2v) is 9.23. The maximum Gasteiger partial charge on any atom is 0.345 e. The van der Waals surface area contributed by atoms with Gasteiger partial charge < -0.3 is 14.6 Å². The van der Waals surface area contributed by atoms with Crippen LogP contribution in [0, 0.1) is 5.92 Å². The Bertz CT molecular complexity index is 1040. The van der Waals surface area contributed by atoms with Gasteiger partial charge in [0.05, 0.1) is 18.6 Å². The van der Waals surface area contributed by atoms with E-state index in [2.05, 4.69) is 4.98 Å². The molecule has 1 saturated carbocycles. The van der Waals surface area contributed by atoms with Crippen LogP contribution in [0.15, 0.2) is 53.9 Å². The van der Waals surface area contributed by atoms with Crippen molar-refractivity contribution in [3.63, 3.8) is 0 Å². The summed E-state index contributed by atoms with van der Waals surface area (Å²) in [7, 11) is 1.57. The van der Waals surface area contributed by atoms with Gasteiger partial charge in [0.1, 0.15) is 22.7 Å². The molecule has 7 heteroatoms. The molecular formula is C26H28ClNO5. The Balaban J connectivity index is 1.56. The number of ether oxygens (including phenoxy) is 2. The number of methoxy groups -OCH3 is 1. The number of aromatic nitrogens is 1. The third-order valence-electron chi connectivity index (χ3n) is 6.75. The standard InChI is InChI=1S/C26H28ClNO5/c1-32-23-10-9-17(14-20(23)27)11-12-26(18-6-2-3-7-18)16-22(30)24(25(31)33-26)21(29)15-19-8-4-5-13-28-19/h4-5,8-10,13-14,18,29H,2-3,6-7,11-12,15-16H2,1H3. The molecule has 1 N–H and O–H groups in total. The summed E-state index contributed by atoms with van der Waals surface area (Å²) >= 11 is 6.28.